The van der Waals surface area contributed by atoms with Crippen molar-refractivity contribution >= 4 is 16.8 Å². The second-order valence-electron chi connectivity index (χ2n) is 6.66. The van der Waals surface area contributed by atoms with E-state index in [0.29, 0.717) is 11.7 Å². The van der Waals surface area contributed by atoms with Gasteiger partial charge in [0.25, 0.3) is 5.91 Å². The van der Waals surface area contributed by atoms with E-state index in [2.05, 4.69) is 43.2 Å². The summed E-state index contributed by atoms with van der Waals surface area (Å²) in [6, 6.07) is 6.56. The lowest BCUT2D eigenvalue weighted by molar-refractivity contribution is 0.0919. The molecule has 1 amide bonds. The molecule has 1 aromatic carbocycles. The third-order valence-corrected chi connectivity index (χ3v) is 4.68. The fraction of sp³-hybridized carbons (Fsp3) is 0.500. The third-order valence-electron chi connectivity index (χ3n) is 4.68. The van der Waals surface area contributed by atoms with E-state index in [4.69, 9.17) is 0 Å². The molecule has 0 unspecified atom stereocenters. The van der Waals surface area contributed by atoms with E-state index in [1.165, 1.54) is 24.0 Å². The van der Waals surface area contributed by atoms with E-state index < -0.39 is 0 Å². The van der Waals surface area contributed by atoms with Crippen molar-refractivity contribution in [1.82, 2.24) is 10.3 Å². The highest BCUT2D eigenvalue weighted by atomic mass is 16.1. The molecule has 112 valence electrons. The Labute approximate surface area is 126 Å². The number of carbonyl (C=O) groups is 1. The number of aromatic amines is 1. The molecule has 1 saturated carbocycles. The van der Waals surface area contributed by atoms with Crippen LogP contribution >= 0.6 is 0 Å². The summed E-state index contributed by atoms with van der Waals surface area (Å²) in [7, 11) is 0. The van der Waals surface area contributed by atoms with Crippen LogP contribution in [0.15, 0.2) is 18.2 Å². The summed E-state index contributed by atoms with van der Waals surface area (Å²) in [6.07, 6.45) is 4.64. The van der Waals surface area contributed by atoms with Gasteiger partial charge in [0, 0.05) is 16.9 Å². The number of fused-ring (bicyclic) bond motifs is 1. The first-order valence-electron chi connectivity index (χ1n) is 7.94. The highest BCUT2D eigenvalue weighted by Gasteiger charge is 2.21. The fourth-order valence-electron chi connectivity index (χ4n) is 3.39. The summed E-state index contributed by atoms with van der Waals surface area (Å²) in [6.45, 7) is 6.46. The monoisotopic (exact) mass is 284 g/mol. The van der Waals surface area contributed by atoms with Gasteiger partial charge in [0.2, 0.25) is 0 Å². The Bertz CT molecular complexity index is 663. The Hall–Kier alpha value is -1.77. The average molecular weight is 284 g/mol. The van der Waals surface area contributed by atoms with Gasteiger partial charge in [0.05, 0.1) is 0 Å². The topological polar surface area (TPSA) is 44.9 Å². The quantitative estimate of drug-likeness (QED) is 0.857. The second-order valence-corrected chi connectivity index (χ2v) is 6.66. The average Bonchev–Trinajstić information content (AvgIpc) is 2.85. The lowest BCUT2D eigenvalue weighted by atomic mass is 9.87. The van der Waals surface area contributed by atoms with Crippen molar-refractivity contribution in [2.75, 3.05) is 0 Å². The number of aryl methyl sites for hydroxylation is 2. The molecule has 21 heavy (non-hydrogen) atoms. The molecule has 1 fully saturated rings. The van der Waals surface area contributed by atoms with Crippen LogP contribution in [-0.2, 0) is 0 Å². The van der Waals surface area contributed by atoms with Crippen LogP contribution in [0.25, 0.3) is 10.9 Å². The van der Waals surface area contributed by atoms with Gasteiger partial charge in [0.1, 0.15) is 5.69 Å². The SMILES string of the molecule is Cc1cc(C)c2cc(C(=O)N[C@H]3CC[C@H](C)CC3)[nH]c2c1. The standard InChI is InChI=1S/C18H24N2O/c1-11-4-6-14(7-5-11)19-18(21)17-10-15-13(3)8-12(2)9-16(15)20-17/h8-11,14,20H,4-7H2,1-3H3,(H,19,21)/t11-,14-. The Morgan fingerprint density at radius 3 is 2.57 bits per heavy atom. The molecule has 0 radical (unpaired) electrons. The Balaban J connectivity index is 1.77. The summed E-state index contributed by atoms with van der Waals surface area (Å²) < 4.78 is 0. The molecule has 1 aromatic heterocycles. The van der Waals surface area contributed by atoms with Gasteiger partial charge < -0.3 is 10.3 Å². The van der Waals surface area contributed by atoms with E-state index in [-0.39, 0.29) is 5.91 Å². The van der Waals surface area contributed by atoms with E-state index in [0.717, 1.165) is 29.7 Å². The maximum Gasteiger partial charge on any atom is 0.267 e. The minimum absolute atomic E-state index is 0.0304. The third kappa shape index (κ3) is 2.97. The zero-order chi connectivity index (χ0) is 15.0. The van der Waals surface area contributed by atoms with Crippen molar-refractivity contribution in [3.05, 3.63) is 35.0 Å². The Morgan fingerprint density at radius 1 is 1.14 bits per heavy atom. The van der Waals surface area contributed by atoms with E-state index >= 15 is 0 Å². The van der Waals surface area contributed by atoms with Crippen molar-refractivity contribution in [2.24, 2.45) is 5.92 Å². The van der Waals surface area contributed by atoms with Crippen molar-refractivity contribution in [2.45, 2.75) is 52.5 Å². The molecule has 1 aliphatic carbocycles. The van der Waals surface area contributed by atoms with Crippen LogP contribution in [0.2, 0.25) is 0 Å². The Kier molecular flexibility index (Phi) is 3.75. The number of benzene rings is 1. The number of hydrogen-bond acceptors (Lipinski definition) is 1. The fourth-order valence-corrected chi connectivity index (χ4v) is 3.39. The van der Waals surface area contributed by atoms with Crippen LogP contribution in [-0.4, -0.2) is 16.9 Å². The van der Waals surface area contributed by atoms with Gasteiger partial charge in [0.15, 0.2) is 0 Å². The number of aromatic nitrogens is 1. The zero-order valence-corrected chi connectivity index (χ0v) is 13.1. The number of hydrogen-bond donors (Lipinski definition) is 2. The Morgan fingerprint density at radius 2 is 1.86 bits per heavy atom. The summed E-state index contributed by atoms with van der Waals surface area (Å²) in [5.41, 5.74) is 4.16. The van der Waals surface area contributed by atoms with Crippen molar-refractivity contribution in [3.8, 4) is 0 Å². The first-order valence-corrected chi connectivity index (χ1v) is 7.94. The highest BCUT2D eigenvalue weighted by Crippen LogP contribution is 2.25. The molecule has 3 rings (SSSR count). The largest absolute Gasteiger partial charge is 0.351 e. The predicted molar refractivity (Wildman–Crippen MR) is 86.7 cm³/mol. The predicted octanol–water partition coefficient (Wildman–Crippen LogP) is 4.09. The molecular formula is C18H24N2O. The number of nitrogens with one attached hydrogen (secondary N) is 2. The van der Waals surface area contributed by atoms with Crippen LogP contribution in [0, 0.1) is 19.8 Å². The first-order chi connectivity index (χ1) is 10.0. The number of amides is 1. The molecule has 1 aliphatic rings. The van der Waals surface area contributed by atoms with Gasteiger partial charge in [-0.15, -0.1) is 0 Å². The van der Waals surface area contributed by atoms with Crippen molar-refractivity contribution in [1.29, 1.82) is 0 Å². The van der Waals surface area contributed by atoms with Crippen molar-refractivity contribution < 1.29 is 4.79 Å². The van der Waals surface area contributed by atoms with Gasteiger partial charge in [-0.2, -0.15) is 0 Å². The number of carbonyl (C=O) groups excluding carboxylic acids is 1. The highest BCUT2D eigenvalue weighted by molar-refractivity contribution is 5.99. The van der Waals surface area contributed by atoms with Gasteiger partial charge in [-0.3, -0.25) is 4.79 Å². The molecule has 3 nitrogen and oxygen atoms in total. The second kappa shape index (κ2) is 5.55. The summed E-state index contributed by atoms with van der Waals surface area (Å²) >= 11 is 0. The van der Waals surface area contributed by atoms with Gasteiger partial charge in [-0.05, 0) is 68.7 Å². The maximum absolute atomic E-state index is 12.4. The maximum atomic E-state index is 12.4. The summed E-state index contributed by atoms with van der Waals surface area (Å²) in [5.74, 6) is 0.833. The van der Waals surface area contributed by atoms with Crippen LogP contribution in [0.1, 0.15) is 54.2 Å². The first kappa shape index (κ1) is 14.2. The van der Waals surface area contributed by atoms with Crippen LogP contribution in [0.5, 0.6) is 0 Å². The minimum Gasteiger partial charge on any atom is -0.351 e. The lowest BCUT2D eigenvalue weighted by Crippen LogP contribution is -2.37. The zero-order valence-electron chi connectivity index (χ0n) is 13.1. The molecule has 0 atom stereocenters. The molecule has 2 aromatic rings. The van der Waals surface area contributed by atoms with Crippen LogP contribution in [0.3, 0.4) is 0 Å². The molecule has 3 heteroatoms. The number of rotatable bonds is 2. The summed E-state index contributed by atoms with van der Waals surface area (Å²) in [4.78, 5) is 15.7. The molecule has 1 heterocycles. The molecule has 0 aliphatic heterocycles. The van der Waals surface area contributed by atoms with Gasteiger partial charge in [-0.1, -0.05) is 13.0 Å². The van der Waals surface area contributed by atoms with E-state index in [1.807, 2.05) is 6.07 Å². The molecule has 0 spiro atoms. The van der Waals surface area contributed by atoms with Crippen molar-refractivity contribution in [3.63, 3.8) is 0 Å². The molecule has 2 N–H and O–H groups in total. The van der Waals surface area contributed by atoms with Gasteiger partial charge >= 0.3 is 0 Å². The molecule has 0 bridgehead atoms. The smallest absolute Gasteiger partial charge is 0.267 e. The lowest BCUT2D eigenvalue weighted by Gasteiger charge is -2.26. The normalized spacial score (nSPS) is 22.4. The van der Waals surface area contributed by atoms with E-state index in [1.54, 1.807) is 0 Å². The summed E-state index contributed by atoms with van der Waals surface area (Å²) in [5, 5.41) is 4.32. The van der Waals surface area contributed by atoms with Crippen LogP contribution in [0.4, 0.5) is 0 Å². The molecule has 0 saturated heterocycles. The van der Waals surface area contributed by atoms with E-state index in [9.17, 15) is 4.79 Å². The van der Waals surface area contributed by atoms with Gasteiger partial charge in [-0.25, -0.2) is 0 Å². The number of H-pyrrole nitrogens is 1. The minimum atomic E-state index is 0.0304. The molecular weight excluding hydrogens is 260 g/mol. The van der Waals surface area contributed by atoms with Crippen LogP contribution < -0.4 is 5.32 Å².